The molecule has 14 heavy (non-hydrogen) atoms. The molecule has 1 unspecified atom stereocenters. The van der Waals surface area contributed by atoms with E-state index in [0.29, 0.717) is 6.42 Å². The summed E-state index contributed by atoms with van der Waals surface area (Å²) in [5.74, 6) is 5.81. The summed E-state index contributed by atoms with van der Waals surface area (Å²) in [7, 11) is 0. The van der Waals surface area contributed by atoms with Crippen LogP contribution in [0.2, 0.25) is 0 Å². The van der Waals surface area contributed by atoms with Crippen LogP contribution in [0.3, 0.4) is 0 Å². The number of hydrogen-bond acceptors (Lipinski definition) is 1. The van der Waals surface area contributed by atoms with Gasteiger partial charge < -0.3 is 5.11 Å². The van der Waals surface area contributed by atoms with E-state index in [-0.39, 0.29) is 0 Å². The Morgan fingerprint density at radius 3 is 2.36 bits per heavy atom. The Kier molecular flexibility index (Phi) is 3.33. The molecule has 1 N–H and O–H groups in total. The molecule has 1 nitrogen and oxygen atoms in total. The Labute approximate surface area is 85.8 Å². The smallest absolute Gasteiger partial charge is 0.122 e. The minimum Gasteiger partial charge on any atom is -0.378 e. The average molecular weight is 188 g/mol. The molecule has 1 aromatic rings. The molecule has 0 heterocycles. The van der Waals surface area contributed by atoms with Crippen molar-refractivity contribution in [2.45, 2.75) is 32.8 Å². The van der Waals surface area contributed by atoms with Gasteiger partial charge in [-0.2, -0.15) is 0 Å². The van der Waals surface area contributed by atoms with E-state index >= 15 is 0 Å². The molecule has 0 saturated carbocycles. The maximum Gasteiger partial charge on any atom is 0.122 e. The zero-order valence-electron chi connectivity index (χ0n) is 8.96. The summed E-state index contributed by atoms with van der Waals surface area (Å²) >= 11 is 0. The van der Waals surface area contributed by atoms with E-state index in [4.69, 9.17) is 0 Å². The molecule has 0 aliphatic carbocycles. The fourth-order valence-electron chi connectivity index (χ4n) is 0.932. The van der Waals surface area contributed by atoms with Crippen molar-refractivity contribution in [1.82, 2.24) is 0 Å². The van der Waals surface area contributed by atoms with E-state index in [9.17, 15) is 5.11 Å². The lowest BCUT2D eigenvalue weighted by Crippen LogP contribution is -2.19. The molecule has 1 atom stereocenters. The van der Waals surface area contributed by atoms with Gasteiger partial charge in [-0.25, -0.2) is 0 Å². The van der Waals surface area contributed by atoms with E-state index < -0.39 is 5.60 Å². The molecule has 1 aromatic carbocycles. The molecule has 1 heteroatoms. The second-order valence-electron chi connectivity index (χ2n) is 3.74. The first-order valence-electron chi connectivity index (χ1n) is 4.86. The van der Waals surface area contributed by atoms with Crippen LogP contribution in [-0.2, 0) is 0 Å². The number of aryl methyl sites for hydroxylation is 1. The molecular weight excluding hydrogens is 172 g/mol. The van der Waals surface area contributed by atoms with Crippen LogP contribution in [0.4, 0.5) is 0 Å². The van der Waals surface area contributed by atoms with Gasteiger partial charge >= 0.3 is 0 Å². The van der Waals surface area contributed by atoms with Gasteiger partial charge in [-0.15, -0.1) is 0 Å². The number of rotatable bonds is 1. The first kappa shape index (κ1) is 10.8. The third-order valence-electron chi connectivity index (χ3n) is 2.22. The molecule has 0 spiro atoms. The maximum absolute atomic E-state index is 9.67. The second kappa shape index (κ2) is 4.30. The van der Waals surface area contributed by atoms with Crippen molar-refractivity contribution in [3.8, 4) is 11.8 Å². The lowest BCUT2D eigenvalue weighted by atomic mass is 10.0. The van der Waals surface area contributed by atoms with Gasteiger partial charge in [0.1, 0.15) is 5.60 Å². The highest BCUT2D eigenvalue weighted by Gasteiger charge is 2.11. The quantitative estimate of drug-likeness (QED) is 0.671. The molecule has 0 bridgehead atoms. The summed E-state index contributed by atoms with van der Waals surface area (Å²) in [4.78, 5) is 0. The highest BCUT2D eigenvalue weighted by molar-refractivity contribution is 5.37. The van der Waals surface area contributed by atoms with Gasteiger partial charge in [-0.05, 0) is 32.4 Å². The Balaban J connectivity index is 2.83. The molecule has 1 rings (SSSR count). The Morgan fingerprint density at radius 2 is 1.86 bits per heavy atom. The number of benzene rings is 1. The molecule has 0 radical (unpaired) electrons. The van der Waals surface area contributed by atoms with Gasteiger partial charge in [0.15, 0.2) is 0 Å². The molecular formula is C13H16O. The largest absolute Gasteiger partial charge is 0.378 e. The van der Waals surface area contributed by atoms with Gasteiger partial charge in [0.25, 0.3) is 0 Å². The topological polar surface area (TPSA) is 20.2 Å². The summed E-state index contributed by atoms with van der Waals surface area (Å²) in [6.07, 6.45) is 0.645. The maximum atomic E-state index is 9.67. The van der Waals surface area contributed by atoms with Crippen LogP contribution < -0.4 is 0 Å². The van der Waals surface area contributed by atoms with Crippen molar-refractivity contribution >= 4 is 0 Å². The molecule has 0 fully saturated rings. The van der Waals surface area contributed by atoms with E-state index in [0.717, 1.165) is 5.56 Å². The van der Waals surface area contributed by atoms with E-state index in [2.05, 4.69) is 11.8 Å². The van der Waals surface area contributed by atoms with Crippen LogP contribution in [0.15, 0.2) is 24.3 Å². The third-order valence-corrected chi connectivity index (χ3v) is 2.22. The van der Waals surface area contributed by atoms with Crippen LogP contribution in [0.25, 0.3) is 0 Å². The lowest BCUT2D eigenvalue weighted by Gasteiger charge is -2.11. The van der Waals surface area contributed by atoms with Gasteiger partial charge in [-0.1, -0.05) is 36.5 Å². The molecule has 0 amide bonds. The minimum absolute atomic E-state index is 0.645. The van der Waals surface area contributed by atoms with Crippen molar-refractivity contribution in [3.05, 3.63) is 35.4 Å². The molecule has 0 aliphatic rings. The minimum atomic E-state index is -0.870. The van der Waals surface area contributed by atoms with Crippen LogP contribution in [0.1, 0.15) is 31.4 Å². The normalized spacial score (nSPS) is 14.0. The first-order valence-corrected chi connectivity index (χ1v) is 4.86. The van der Waals surface area contributed by atoms with E-state index in [1.165, 1.54) is 5.56 Å². The fourth-order valence-corrected chi connectivity index (χ4v) is 0.932. The van der Waals surface area contributed by atoms with Crippen LogP contribution in [0, 0.1) is 18.8 Å². The highest BCUT2D eigenvalue weighted by Crippen LogP contribution is 2.07. The second-order valence-corrected chi connectivity index (χ2v) is 3.74. The van der Waals surface area contributed by atoms with Gasteiger partial charge in [0, 0.05) is 5.56 Å². The molecule has 74 valence electrons. The summed E-state index contributed by atoms with van der Waals surface area (Å²) < 4.78 is 0. The molecule has 0 saturated heterocycles. The third kappa shape index (κ3) is 3.24. The zero-order valence-corrected chi connectivity index (χ0v) is 8.96. The van der Waals surface area contributed by atoms with E-state index in [1.54, 1.807) is 6.92 Å². The van der Waals surface area contributed by atoms with Gasteiger partial charge in [-0.3, -0.25) is 0 Å². The van der Waals surface area contributed by atoms with Gasteiger partial charge in [0.2, 0.25) is 0 Å². The van der Waals surface area contributed by atoms with Crippen LogP contribution >= 0.6 is 0 Å². The van der Waals surface area contributed by atoms with Crippen LogP contribution in [0.5, 0.6) is 0 Å². The fraction of sp³-hybridized carbons (Fsp3) is 0.385. The Morgan fingerprint density at radius 1 is 1.29 bits per heavy atom. The zero-order chi connectivity index (χ0) is 10.6. The predicted molar refractivity (Wildman–Crippen MR) is 59.0 cm³/mol. The first-order chi connectivity index (χ1) is 6.53. The van der Waals surface area contributed by atoms with Crippen molar-refractivity contribution in [1.29, 1.82) is 0 Å². The Bertz CT molecular complexity index is 349. The monoisotopic (exact) mass is 188 g/mol. The van der Waals surface area contributed by atoms with E-state index in [1.807, 2.05) is 38.1 Å². The highest BCUT2D eigenvalue weighted by atomic mass is 16.3. The summed E-state index contributed by atoms with van der Waals surface area (Å²) in [5, 5.41) is 9.67. The Hall–Kier alpha value is -1.26. The summed E-state index contributed by atoms with van der Waals surface area (Å²) in [6, 6.07) is 7.97. The van der Waals surface area contributed by atoms with Crippen molar-refractivity contribution < 1.29 is 5.11 Å². The SMILES string of the molecule is CCC(C)(O)C#Cc1ccc(C)cc1. The van der Waals surface area contributed by atoms with Crippen LogP contribution in [-0.4, -0.2) is 10.7 Å². The van der Waals surface area contributed by atoms with Crippen molar-refractivity contribution in [3.63, 3.8) is 0 Å². The number of aliphatic hydroxyl groups is 1. The number of hydrogen-bond donors (Lipinski definition) is 1. The average Bonchev–Trinajstić information content (AvgIpc) is 2.17. The summed E-state index contributed by atoms with van der Waals surface area (Å²) in [5.41, 5.74) is 1.30. The molecule has 0 aliphatic heterocycles. The standard InChI is InChI=1S/C13H16O/c1-4-13(3,14)10-9-12-7-5-11(2)6-8-12/h5-8,14H,4H2,1-3H3. The lowest BCUT2D eigenvalue weighted by molar-refractivity contribution is 0.118. The predicted octanol–water partition coefficient (Wildman–Crippen LogP) is 2.51. The molecule has 0 aromatic heterocycles. The van der Waals surface area contributed by atoms with Crippen molar-refractivity contribution in [2.75, 3.05) is 0 Å². The van der Waals surface area contributed by atoms with Crippen molar-refractivity contribution in [2.24, 2.45) is 0 Å². The van der Waals surface area contributed by atoms with Gasteiger partial charge in [0.05, 0.1) is 0 Å². The summed E-state index contributed by atoms with van der Waals surface area (Å²) in [6.45, 7) is 5.69.